The molecule has 0 amide bonds. The standard InChI is InChI=1S/C20H21F2N5/c21-16-4-1-14(12-17(16)22)11-13-5-8-26(9-6-13)19-20-25-24-18(15-2-3-15)27(20)10-7-23-19/h1,4,7,10,12-13,15H,2-3,5-6,8-9,11H2. The minimum absolute atomic E-state index is 0.464. The van der Waals surface area contributed by atoms with E-state index in [1.165, 1.54) is 25.0 Å². The smallest absolute Gasteiger partial charge is 0.203 e. The van der Waals surface area contributed by atoms with Gasteiger partial charge in [-0.1, -0.05) is 6.07 Å². The van der Waals surface area contributed by atoms with E-state index >= 15 is 0 Å². The Morgan fingerprint density at radius 2 is 1.81 bits per heavy atom. The molecule has 2 aromatic heterocycles. The number of fused-ring (bicyclic) bond motifs is 1. The van der Waals surface area contributed by atoms with E-state index in [-0.39, 0.29) is 0 Å². The second-order valence-electron chi connectivity index (χ2n) is 7.66. The molecule has 5 nitrogen and oxygen atoms in total. The minimum Gasteiger partial charge on any atom is -0.353 e. The lowest BCUT2D eigenvalue weighted by Crippen LogP contribution is -2.35. The lowest BCUT2D eigenvalue weighted by Gasteiger charge is -2.32. The Hall–Kier alpha value is -2.57. The molecule has 2 aliphatic rings. The van der Waals surface area contributed by atoms with Gasteiger partial charge in [0, 0.05) is 31.4 Å². The van der Waals surface area contributed by atoms with Crippen molar-refractivity contribution < 1.29 is 8.78 Å². The number of piperidine rings is 1. The number of benzene rings is 1. The van der Waals surface area contributed by atoms with Crippen molar-refractivity contribution in [3.05, 3.63) is 53.6 Å². The largest absolute Gasteiger partial charge is 0.353 e. The molecular weight excluding hydrogens is 348 g/mol. The molecule has 3 heterocycles. The summed E-state index contributed by atoms with van der Waals surface area (Å²) >= 11 is 0. The molecule has 1 saturated carbocycles. The quantitative estimate of drug-likeness (QED) is 0.703. The number of aromatic nitrogens is 4. The van der Waals surface area contributed by atoms with E-state index in [0.717, 1.165) is 55.2 Å². The number of rotatable bonds is 4. The van der Waals surface area contributed by atoms with E-state index < -0.39 is 11.6 Å². The molecule has 0 bridgehead atoms. The first kappa shape index (κ1) is 16.6. The molecule has 0 N–H and O–H groups in total. The SMILES string of the molecule is Fc1ccc(CC2CCN(c3nccn4c(C5CC5)nnc34)CC2)cc1F. The third-order valence-electron chi connectivity index (χ3n) is 5.70. The Morgan fingerprint density at radius 1 is 1.00 bits per heavy atom. The van der Waals surface area contributed by atoms with Crippen molar-refractivity contribution in [3.8, 4) is 0 Å². The molecule has 0 spiro atoms. The summed E-state index contributed by atoms with van der Waals surface area (Å²) in [6.45, 7) is 1.76. The van der Waals surface area contributed by atoms with E-state index in [4.69, 9.17) is 0 Å². The third-order valence-corrected chi connectivity index (χ3v) is 5.70. The Balaban J connectivity index is 1.29. The molecular formula is C20H21F2N5. The summed E-state index contributed by atoms with van der Waals surface area (Å²) in [6.07, 6.45) is 8.91. The third kappa shape index (κ3) is 3.15. The summed E-state index contributed by atoms with van der Waals surface area (Å²) < 4.78 is 28.6. The topological polar surface area (TPSA) is 46.3 Å². The zero-order valence-corrected chi connectivity index (χ0v) is 15.0. The summed E-state index contributed by atoms with van der Waals surface area (Å²) in [5, 5.41) is 8.77. The molecule has 1 aromatic carbocycles. The molecule has 2 fully saturated rings. The van der Waals surface area contributed by atoms with Crippen molar-refractivity contribution >= 4 is 11.5 Å². The van der Waals surface area contributed by atoms with Crippen LogP contribution < -0.4 is 4.90 Å². The van der Waals surface area contributed by atoms with Gasteiger partial charge in [0.15, 0.2) is 17.5 Å². The van der Waals surface area contributed by atoms with Crippen molar-refractivity contribution in [1.29, 1.82) is 0 Å². The van der Waals surface area contributed by atoms with Crippen LogP contribution in [0.5, 0.6) is 0 Å². The van der Waals surface area contributed by atoms with Gasteiger partial charge in [-0.15, -0.1) is 10.2 Å². The van der Waals surface area contributed by atoms with Gasteiger partial charge < -0.3 is 4.90 Å². The van der Waals surface area contributed by atoms with Crippen LogP contribution in [0.1, 0.15) is 43.0 Å². The van der Waals surface area contributed by atoms with E-state index in [9.17, 15) is 8.78 Å². The molecule has 7 heteroatoms. The van der Waals surface area contributed by atoms with E-state index in [1.807, 2.05) is 12.4 Å². The Kier molecular flexibility index (Phi) is 4.02. The molecule has 3 aromatic rings. The van der Waals surface area contributed by atoms with Crippen molar-refractivity contribution in [2.24, 2.45) is 5.92 Å². The number of nitrogens with zero attached hydrogens (tertiary/aromatic N) is 5. The van der Waals surface area contributed by atoms with Gasteiger partial charge in [-0.2, -0.15) is 0 Å². The molecule has 1 aliphatic carbocycles. The van der Waals surface area contributed by atoms with E-state index in [0.29, 0.717) is 11.8 Å². The lowest BCUT2D eigenvalue weighted by molar-refractivity contribution is 0.401. The van der Waals surface area contributed by atoms with E-state index in [1.54, 1.807) is 6.07 Å². The van der Waals surface area contributed by atoms with Gasteiger partial charge in [0.25, 0.3) is 0 Å². The first-order chi connectivity index (χ1) is 13.2. The molecule has 1 saturated heterocycles. The molecule has 0 unspecified atom stereocenters. The van der Waals surface area contributed by atoms with Crippen LogP contribution in [0.25, 0.3) is 5.65 Å². The number of anilines is 1. The zero-order valence-electron chi connectivity index (χ0n) is 15.0. The monoisotopic (exact) mass is 369 g/mol. The fourth-order valence-electron chi connectivity index (χ4n) is 4.02. The van der Waals surface area contributed by atoms with Gasteiger partial charge in [-0.05, 0) is 55.7 Å². The summed E-state index contributed by atoms with van der Waals surface area (Å²) in [4.78, 5) is 6.83. The highest BCUT2D eigenvalue weighted by Crippen LogP contribution is 2.39. The van der Waals surface area contributed by atoms with Gasteiger partial charge in [0.05, 0.1) is 0 Å². The first-order valence-corrected chi connectivity index (χ1v) is 9.57. The van der Waals surface area contributed by atoms with E-state index in [2.05, 4.69) is 24.5 Å². The lowest BCUT2D eigenvalue weighted by atomic mass is 9.90. The number of hydrogen-bond acceptors (Lipinski definition) is 4. The summed E-state index contributed by atoms with van der Waals surface area (Å²) in [5.41, 5.74) is 1.69. The van der Waals surface area contributed by atoms with Gasteiger partial charge in [-0.25, -0.2) is 13.8 Å². The van der Waals surface area contributed by atoms with Crippen LogP contribution in [0.15, 0.2) is 30.6 Å². The van der Waals surface area contributed by atoms with Gasteiger partial charge in [-0.3, -0.25) is 4.40 Å². The number of halogens is 2. The van der Waals surface area contributed by atoms with Gasteiger partial charge in [0.2, 0.25) is 5.65 Å². The van der Waals surface area contributed by atoms with Crippen LogP contribution in [0.2, 0.25) is 0 Å². The highest BCUT2D eigenvalue weighted by Gasteiger charge is 2.30. The van der Waals surface area contributed by atoms with Crippen LogP contribution in [-0.4, -0.2) is 32.7 Å². The molecule has 140 valence electrons. The predicted molar refractivity (Wildman–Crippen MR) is 97.8 cm³/mol. The molecule has 27 heavy (non-hydrogen) atoms. The average Bonchev–Trinajstić information content (AvgIpc) is 3.44. The summed E-state index contributed by atoms with van der Waals surface area (Å²) in [5.74, 6) is 1.39. The highest BCUT2D eigenvalue weighted by molar-refractivity contribution is 5.64. The predicted octanol–water partition coefficient (Wildman–Crippen LogP) is 3.74. The fraction of sp³-hybridized carbons (Fsp3) is 0.450. The summed E-state index contributed by atoms with van der Waals surface area (Å²) in [7, 11) is 0. The normalized spacial score (nSPS) is 18.4. The van der Waals surface area contributed by atoms with Crippen molar-refractivity contribution in [2.75, 3.05) is 18.0 Å². The van der Waals surface area contributed by atoms with Crippen molar-refractivity contribution in [1.82, 2.24) is 19.6 Å². The molecule has 1 aliphatic heterocycles. The van der Waals surface area contributed by atoms with Gasteiger partial charge >= 0.3 is 0 Å². The van der Waals surface area contributed by atoms with Crippen molar-refractivity contribution in [2.45, 2.75) is 38.0 Å². The average molecular weight is 369 g/mol. The molecule has 5 rings (SSSR count). The molecule has 0 radical (unpaired) electrons. The van der Waals surface area contributed by atoms with Crippen LogP contribution in [0.3, 0.4) is 0 Å². The van der Waals surface area contributed by atoms with Crippen molar-refractivity contribution in [3.63, 3.8) is 0 Å². The zero-order chi connectivity index (χ0) is 18.4. The maximum Gasteiger partial charge on any atom is 0.203 e. The van der Waals surface area contributed by atoms with Crippen LogP contribution >= 0.6 is 0 Å². The minimum atomic E-state index is -0.786. The Labute approximate surface area is 156 Å². The van der Waals surface area contributed by atoms with Crippen LogP contribution in [-0.2, 0) is 6.42 Å². The maximum atomic E-state index is 13.4. The maximum absolute atomic E-state index is 13.4. The Bertz CT molecular complexity index is 974. The Morgan fingerprint density at radius 3 is 2.56 bits per heavy atom. The summed E-state index contributed by atoms with van der Waals surface area (Å²) in [6, 6.07) is 4.22. The second-order valence-corrected chi connectivity index (χ2v) is 7.66. The first-order valence-electron chi connectivity index (χ1n) is 9.57. The second kappa shape index (κ2) is 6.55. The molecule has 0 atom stereocenters. The highest BCUT2D eigenvalue weighted by atomic mass is 19.2. The van der Waals surface area contributed by atoms with Crippen LogP contribution in [0, 0.1) is 17.6 Å². The van der Waals surface area contributed by atoms with Gasteiger partial charge in [0.1, 0.15) is 5.82 Å². The fourth-order valence-corrected chi connectivity index (χ4v) is 4.02. The van der Waals surface area contributed by atoms with Crippen LogP contribution in [0.4, 0.5) is 14.6 Å². The number of hydrogen-bond donors (Lipinski definition) is 0.